The maximum atomic E-state index is 10.0. The molecule has 5 nitrogen and oxygen atoms in total. The fourth-order valence-corrected chi connectivity index (χ4v) is 1.86. The lowest BCUT2D eigenvalue weighted by Gasteiger charge is -2.08. The molecule has 2 aromatic heterocycles. The first kappa shape index (κ1) is 10.5. The van der Waals surface area contributed by atoms with Crippen LogP contribution in [0.2, 0.25) is 0 Å². The topological polar surface area (TPSA) is 74.7 Å². The van der Waals surface area contributed by atoms with Gasteiger partial charge in [0, 0.05) is 18.0 Å². The molecule has 0 saturated heterocycles. The van der Waals surface area contributed by atoms with Gasteiger partial charge in [-0.25, -0.2) is 4.98 Å². The number of imidazole rings is 1. The quantitative estimate of drug-likeness (QED) is 0.718. The van der Waals surface area contributed by atoms with Gasteiger partial charge in [-0.05, 0) is 18.2 Å². The highest BCUT2D eigenvalue weighted by atomic mass is 16.3. The normalized spacial score (nSPS) is 10.4. The van der Waals surface area contributed by atoms with Crippen molar-refractivity contribution in [1.29, 1.82) is 0 Å². The molecule has 2 N–H and O–H groups in total. The Balaban J connectivity index is 2.25. The monoisotopic (exact) mass is 238 g/mol. The van der Waals surface area contributed by atoms with Crippen molar-refractivity contribution < 1.29 is 5.11 Å². The molecular formula is C13H10N4O. The SMILES string of the molecule is Oc1cccc(-c2cccnn2)c1-c1c[nH]cn1. The Morgan fingerprint density at radius 1 is 1.06 bits per heavy atom. The Kier molecular flexibility index (Phi) is 2.49. The smallest absolute Gasteiger partial charge is 0.125 e. The molecule has 5 heteroatoms. The molecule has 0 atom stereocenters. The maximum absolute atomic E-state index is 10.0. The van der Waals surface area contributed by atoms with Crippen molar-refractivity contribution in [3.63, 3.8) is 0 Å². The van der Waals surface area contributed by atoms with Crippen molar-refractivity contribution in [3.05, 3.63) is 49.1 Å². The highest BCUT2D eigenvalue weighted by molar-refractivity contribution is 5.84. The molecular weight excluding hydrogens is 228 g/mol. The van der Waals surface area contributed by atoms with Crippen LogP contribution in [0.15, 0.2) is 49.1 Å². The number of rotatable bonds is 2. The zero-order valence-corrected chi connectivity index (χ0v) is 9.41. The van der Waals surface area contributed by atoms with E-state index in [1.807, 2.05) is 12.1 Å². The van der Waals surface area contributed by atoms with E-state index in [4.69, 9.17) is 0 Å². The van der Waals surface area contributed by atoms with Gasteiger partial charge in [-0.1, -0.05) is 12.1 Å². The summed E-state index contributed by atoms with van der Waals surface area (Å²) in [5.74, 6) is 0.172. The molecule has 18 heavy (non-hydrogen) atoms. The van der Waals surface area contributed by atoms with Crippen molar-refractivity contribution in [2.24, 2.45) is 0 Å². The van der Waals surface area contributed by atoms with Crippen LogP contribution in [-0.4, -0.2) is 25.3 Å². The van der Waals surface area contributed by atoms with Crippen LogP contribution in [0.5, 0.6) is 5.75 Å². The first-order valence-electron chi connectivity index (χ1n) is 5.45. The largest absolute Gasteiger partial charge is 0.507 e. The molecule has 0 unspecified atom stereocenters. The molecule has 3 aromatic rings. The number of aromatic amines is 1. The summed E-state index contributed by atoms with van der Waals surface area (Å²) in [6.45, 7) is 0. The van der Waals surface area contributed by atoms with Gasteiger partial charge in [0.15, 0.2) is 0 Å². The Bertz CT molecular complexity index is 650. The van der Waals surface area contributed by atoms with E-state index in [2.05, 4.69) is 20.2 Å². The van der Waals surface area contributed by atoms with Crippen LogP contribution >= 0.6 is 0 Å². The summed E-state index contributed by atoms with van der Waals surface area (Å²) >= 11 is 0. The van der Waals surface area contributed by atoms with Crippen LogP contribution < -0.4 is 0 Å². The molecule has 2 heterocycles. The van der Waals surface area contributed by atoms with Crippen LogP contribution in [-0.2, 0) is 0 Å². The van der Waals surface area contributed by atoms with Crippen LogP contribution in [0, 0.1) is 0 Å². The molecule has 0 aliphatic heterocycles. The lowest BCUT2D eigenvalue weighted by Crippen LogP contribution is -1.90. The molecule has 0 amide bonds. The van der Waals surface area contributed by atoms with E-state index in [0.29, 0.717) is 17.0 Å². The first-order valence-corrected chi connectivity index (χ1v) is 5.45. The van der Waals surface area contributed by atoms with Gasteiger partial charge in [-0.3, -0.25) is 0 Å². The van der Waals surface area contributed by atoms with E-state index >= 15 is 0 Å². The van der Waals surface area contributed by atoms with Crippen molar-refractivity contribution in [1.82, 2.24) is 20.2 Å². The number of phenolic OH excluding ortho intramolecular Hbond substituents is 1. The van der Waals surface area contributed by atoms with Gasteiger partial charge in [0.2, 0.25) is 0 Å². The molecule has 3 rings (SSSR count). The highest BCUT2D eigenvalue weighted by Crippen LogP contribution is 2.36. The molecule has 0 aliphatic carbocycles. The number of H-pyrrole nitrogens is 1. The fraction of sp³-hybridized carbons (Fsp3) is 0. The lowest BCUT2D eigenvalue weighted by molar-refractivity contribution is 0.477. The van der Waals surface area contributed by atoms with Gasteiger partial charge in [0.05, 0.1) is 23.3 Å². The van der Waals surface area contributed by atoms with E-state index in [1.54, 1.807) is 36.9 Å². The zero-order chi connectivity index (χ0) is 12.4. The number of benzene rings is 1. The molecule has 88 valence electrons. The molecule has 1 aromatic carbocycles. The molecule has 0 bridgehead atoms. The molecule has 0 saturated carbocycles. The van der Waals surface area contributed by atoms with Crippen molar-refractivity contribution in [2.45, 2.75) is 0 Å². The predicted octanol–water partition coefficient (Wildman–Crippen LogP) is 2.24. The number of hydrogen-bond acceptors (Lipinski definition) is 4. The minimum absolute atomic E-state index is 0.172. The summed E-state index contributed by atoms with van der Waals surface area (Å²) in [6, 6.07) is 8.94. The van der Waals surface area contributed by atoms with Gasteiger partial charge in [-0.15, -0.1) is 0 Å². The van der Waals surface area contributed by atoms with Gasteiger partial charge in [0.25, 0.3) is 0 Å². The van der Waals surface area contributed by atoms with E-state index in [1.165, 1.54) is 0 Å². The second kappa shape index (κ2) is 4.29. The molecule has 0 radical (unpaired) electrons. The van der Waals surface area contributed by atoms with E-state index in [0.717, 1.165) is 5.56 Å². The van der Waals surface area contributed by atoms with Crippen molar-refractivity contribution >= 4 is 0 Å². The molecule has 0 aliphatic rings. The average Bonchev–Trinajstić information content (AvgIpc) is 2.93. The Labute approximate surface area is 103 Å². The minimum Gasteiger partial charge on any atom is -0.507 e. The second-order valence-corrected chi connectivity index (χ2v) is 3.76. The van der Waals surface area contributed by atoms with Crippen LogP contribution in [0.4, 0.5) is 0 Å². The third-order valence-electron chi connectivity index (χ3n) is 2.65. The third-order valence-corrected chi connectivity index (χ3v) is 2.65. The van der Waals surface area contributed by atoms with Gasteiger partial charge in [0.1, 0.15) is 5.75 Å². The Hall–Kier alpha value is -2.69. The lowest BCUT2D eigenvalue weighted by atomic mass is 10.0. The number of aromatic hydroxyl groups is 1. The summed E-state index contributed by atoms with van der Waals surface area (Å²) < 4.78 is 0. The molecule has 0 spiro atoms. The Morgan fingerprint density at radius 2 is 2.00 bits per heavy atom. The predicted molar refractivity (Wildman–Crippen MR) is 66.7 cm³/mol. The summed E-state index contributed by atoms with van der Waals surface area (Å²) in [5.41, 5.74) is 2.83. The van der Waals surface area contributed by atoms with Crippen molar-refractivity contribution in [3.8, 4) is 28.3 Å². The summed E-state index contributed by atoms with van der Waals surface area (Å²) in [4.78, 5) is 7.05. The summed E-state index contributed by atoms with van der Waals surface area (Å²) in [6.07, 6.45) is 4.91. The Morgan fingerprint density at radius 3 is 2.72 bits per heavy atom. The van der Waals surface area contributed by atoms with Crippen LogP contribution in [0.1, 0.15) is 0 Å². The summed E-state index contributed by atoms with van der Waals surface area (Å²) in [5, 5.41) is 17.9. The average molecular weight is 238 g/mol. The van der Waals surface area contributed by atoms with Crippen molar-refractivity contribution in [2.75, 3.05) is 0 Å². The fourth-order valence-electron chi connectivity index (χ4n) is 1.86. The number of nitrogens with one attached hydrogen (secondary N) is 1. The number of aromatic nitrogens is 4. The second-order valence-electron chi connectivity index (χ2n) is 3.76. The van der Waals surface area contributed by atoms with Gasteiger partial charge >= 0.3 is 0 Å². The van der Waals surface area contributed by atoms with E-state index in [9.17, 15) is 5.11 Å². The van der Waals surface area contributed by atoms with Gasteiger partial charge in [-0.2, -0.15) is 10.2 Å². The zero-order valence-electron chi connectivity index (χ0n) is 9.41. The molecule has 0 fully saturated rings. The standard InChI is InChI=1S/C13H10N4O/c18-12-5-1-3-9(10-4-2-6-16-17-10)13(12)11-7-14-8-15-11/h1-8,18H,(H,14,15). The van der Waals surface area contributed by atoms with E-state index in [-0.39, 0.29) is 5.75 Å². The first-order chi connectivity index (χ1) is 8.86. The third kappa shape index (κ3) is 1.71. The summed E-state index contributed by atoms with van der Waals surface area (Å²) in [7, 11) is 0. The van der Waals surface area contributed by atoms with Crippen LogP contribution in [0.25, 0.3) is 22.5 Å². The minimum atomic E-state index is 0.172. The van der Waals surface area contributed by atoms with E-state index < -0.39 is 0 Å². The maximum Gasteiger partial charge on any atom is 0.125 e. The number of hydrogen-bond donors (Lipinski definition) is 2. The van der Waals surface area contributed by atoms with Crippen LogP contribution in [0.3, 0.4) is 0 Å². The number of phenols is 1. The van der Waals surface area contributed by atoms with Gasteiger partial charge < -0.3 is 10.1 Å². The number of nitrogens with zero attached hydrogens (tertiary/aromatic N) is 3. The highest BCUT2D eigenvalue weighted by Gasteiger charge is 2.14.